The number of benzene rings is 1. The van der Waals surface area contributed by atoms with Crippen LogP contribution in [0.1, 0.15) is 31.6 Å². The molecule has 7 nitrogen and oxygen atoms in total. The molecule has 1 saturated heterocycles. The summed E-state index contributed by atoms with van der Waals surface area (Å²) in [5.41, 5.74) is 0.905. The number of nitrogens with one attached hydrogen (secondary N) is 1. The Bertz CT molecular complexity index is 746. The van der Waals surface area contributed by atoms with Crippen molar-refractivity contribution in [2.75, 3.05) is 20.2 Å². The van der Waals surface area contributed by atoms with Crippen LogP contribution in [-0.4, -0.2) is 47.2 Å². The SMILES string of the molecule is COc1ccc(-c2noc(CN3CCC(NC(=O)C4CC4)CC3)n2)cc1. The number of hydrogen-bond acceptors (Lipinski definition) is 6. The van der Waals surface area contributed by atoms with Crippen LogP contribution in [0.2, 0.25) is 0 Å². The standard InChI is InChI=1S/C19H24N4O3/c1-25-16-6-4-13(5-7-16)18-21-17(26-22-18)12-23-10-8-15(9-11-23)20-19(24)14-2-3-14/h4-7,14-15H,2-3,8-12H2,1H3,(H,20,24). The number of ether oxygens (including phenoxy) is 1. The highest BCUT2D eigenvalue weighted by Crippen LogP contribution is 2.29. The minimum Gasteiger partial charge on any atom is -0.497 e. The van der Waals surface area contributed by atoms with Gasteiger partial charge in [-0.3, -0.25) is 9.69 Å². The summed E-state index contributed by atoms with van der Waals surface area (Å²) in [6, 6.07) is 7.90. The van der Waals surface area contributed by atoms with E-state index >= 15 is 0 Å². The monoisotopic (exact) mass is 356 g/mol. The molecule has 0 unspecified atom stereocenters. The van der Waals surface area contributed by atoms with Crippen molar-refractivity contribution in [2.45, 2.75) is 38.3 Å². The molecular weight excluding hydrogens is 332 g/mol. The number of hydrogen-bond donors (Lipinski definition) is 1. The number of methoxy groups -OCH3 is 1. The Morgan fingerprint density at radius 2 is 1.96 bits per heavy atom. The molecule has 2 heterocycles. The highest BCUT2D eigenvalue weighted by molar-refractivity contribution is 5.81. The molecule has 2 aliphatic rings. The number of carbonyl (C=O) groups is 1. The van der Waals surface area contributed by atoms with Crippen LogP contribution in [0.5, 0.6) is 5.75 Å². The zero-order valence-electron chi connectivity index (χ0n) is 15.0. The first-order valence-electron chi connectivity index (χ1n) is 9.21. The molecule has 26 heavy (non-hydrogen) atoms. The Labute approximate surface area is 152 Å². The van der Waals surface area contributed by atoms with E-state index in [1.165, 1.54) is 0 Å². The van der Waals surface area contributed by atoms with Crippen LogP contribution in [0.15, 0.2) is 28.8 Å². The summed E-state index contributed by atoms with van der Waals surface area (Å²) in [5.74, 6) is 2.53. The number of aromatic nitrogens is 2. The second-order valence-electron chi connectivity index (χ2n) is 7.07. The van der Waals surface area contributed by atoms with Crippen LogP contribution < -0.4 is 10.1 Å². The number of carbonyl (C=O) groups excluding carboxylic acids is 1. The molecule has 1 aromatic carbocycles. The minimum absolute atomic E-state index is 0.240. The summed E-state index contributed by atoms with van der Waals surface area (Å²) in [5, 5.41) is 7.25. The van der Waals surface area contributed by atoms with Gasteiger partial charge < -0.3 is 14.6 Å². The second kappa shape index (κ2) is 7.45. The van der Waals surface area contributed by atoms with Gasteiger partial charge in [-0.2, -0.15) is 4.98 Å². The summed E-state index contributed by atoms with van der Waals surface area (Å²) in [6.07, 6.45) is 4.05. The van der Waals surface area contributed by atoms with E-state index < -0.39 is 0 Å². The Morgan fingerprint density at radius 3 is 2.62 bits per heavy atom. The maximum atomic E-state index is 11.9. The largest absolute Gasteiger partial charge is 0.497 e. The normalized spacial score (nSPS) is 18.7. The molecule has 0 atom stereocenters. The van der Waals surface area contributed by atoms with Crippen molar-refractivity contribution in [1.82, 2.24) is 20.4 Å². The zero-order valence-corrected chi connectivity index (χ0v) is 15.0. The molecule has 7 heteroatoms. The van der Waals surface area contributed by atoms with Gasteiger partial charge in [0.2, 0.25) is 17.6 Å². The first-order chi connectivity index (χ1) is 12.7. The lowest BCUT2D eigenvalue weighted by molar-refractivity contribution is -0.123. The zero-order chi connectivity index (χ0) is 17.9. The van der Waals surface area contributed by atoms with E-state index in [0.717, 1.165) is 50.1 Å². The van der Waals surface area contributed by atoms with Crippen molar-refractivity contribution in [1.29, 1.82) is 0 Å². The van der Waals surface area contributed by atoms with Gasteiger partial charge in [0.15, 0.2) is 0 Å². The van der Waals surface area contributed by atoms with Gasteiger partial charge in [0.25, 0.3) is 0 Å². The number of nitrogens with zero attached hydrogens (tertiary/aromatic N) is 3. The fraction of sp³-hybridized carbons (Fsp3) is 0.526. The summed E-state index contributed by atoms with van der Waals surface area (Å²) < 4.78 is 10.6. The van der Waals surface area contributed by atoms with Crippen molar-refractivity contribution in [3.63, 3.8) is 0 Å². The van der Waals surface area contributed by atoms with Gasteiger partial charge in [-0.05, 0) is 49.9 Å². The van der Waals surface area contributed by atoms with Crippen LogP contribution in [-0.2, 0) is 11.3 Å². The third-order valence-electron chi connectivity index (χ3n) is 5.06. The Balaban J connectivity index is 1.28. The van der Waals surface area contributed by atoms with Crippen molar-refractivity contribution in [2.24, 2.45) is 5.92 Å². The summed E-state index contributed by atoms with van der Waals surface area (Å²) in [7, 11) is 1.64. The second-order valence-corrected chi connectivity index (χ2v) is 7.07. The lowest BCUT2D eigenvalue weighted by Gasteiger charge is -2.31. The third kappa shape index (κ3) is 4.04. The molecule has 1 aromatic heterocycles. The van der Waals surface area contributed by atoms with Gasteiger partial charge in [0.1, 0.15) is 5.75 Å². The molecule has 1 aliphatic heterocycles. The predicted octanol–water partition coefficient (Wildman–Crippen LogP) is 2.24. The molecule has 2 aromatic rings. The first-order valence-corrected chi connectivity index (χ1v) is 9.21. The molecule has 0 spiro atoms. The fourth-order valence-electron chi connectivity index (χ4n) is 3.27. The van der Waals surface area contributed by atoms with Crippen molar-refractivity contribution in [3.8, 4) is 17.1 Å². The molecule has 1 aliphatic carbocycles. The third-order valence-corrected chi connectivity index (χ3v) is 5.06. The molecule has 0 bridgehead atoms. The quantitative estimate of drug-likeness (QED) is 0.855. The average Bonchev–Trinajstić information content (AvgIpc) is 3.43. The van der Waals surface area contributed by atoms with E-state index in [9.17, 15) is 4.79 Å². The molecule has 1 saturated carbocycles. The topological polar surface area (TPSA) is 80.5 Å². The lowest BCUT2D eigenvalue weighted by Crippen LogP contribution is -2.44. The van der Waals surface area contributed by atoms with E-state index in [1.54, 1.807) is 7.11 Å². The minimum atomic E-state index is 0.240. The Kier molecular flexibility index (Phi) is 4.88. The van der Waals surface area contributed by atoms with E-state index in [-0.39, 0.29) is 11.8 Å². The number of amides is 1. The van der Waals surface area contributed by atoms with E-state index in [0.29, 0.717) is 24.3 Å². The van der Waals surface area contributed by atoms with Gasteiger partial charge >= 0.3 is 0 Å². The van der Waals surface area contributed by atoms with Crippen LogP contribution >= 0.6 is 0 Å². The Morgan fingerprint density at radius 1 is 1.23 bits per heavy atom. The van der Waals surface area contributed by atoms with Crippen LogP contribution in [0.4, 0.5) is 0 Å². The van der Waals surface area contributed by atoms with Gasteiger partial charge in [-0.25, -0.2) is 0 Å². The maximum absolute atomic E-state index is 11.9. The molecule has 1 amide bonds. The molecule has 138 valence electrons. The van der Waals surface area contributed by atoms with Crippen LogP contribution in [0, 0.1) is 5.92 Å². The smallest absolute Gasteiger partial charge is 0.241 e. The average molecular weight is 356 g/mol. The Hall–Kier alpha value is -2.41. The van der Waals surface area contributed by atoms with Gasteiger partial charge in [-0.1, -0.05) is 5.16 Å². The first kappa shape index (κ1) is 17.0. The van der Waals surface area contributed by atoms with Crippen LogP contribution in [0.3, 0.4) is 0 Å². The fourth-order valence-corrected chi connectivity index (χ4v) is 3.27. The molecule has 0 radical (unpaired) electrons. The summed E-state index contributed by atoms with van der Waals surface area (Å²) in [6.45, 7) is 2.50. The van der Waals surface area contributed by atoms with E-state index in [2.05, 4.69) is 20.4 Å². The van der Waals surface area contributed by atoms with Gasteiger partial charge in [0.05, 0.1) is 13.7 Å². The van der Waals surface area contributed by atoms with Gasteiger partial charge in [-0.15, -0.1) is 0 Å². The van der Waals surface area contributed by atoms with Crippen molar-refractivity contribution < 1.29 is 14.1 Å². The summed E-state index contributed by atoms with van der Waals surface area (Å²) >= 11 is 0. The van der Waals surface area contributed by atoms with Gasteiger partial charge in [0, 0.05) is 30.6 Å². The molecule has 2 fully saturated rings. The molecule has 4 rings (SSSR count). The number of rotatable bonds is 6. The van der Waals surface area contributed by atoms with Crippen molar-refractivity contribution in [3.05, 3.63) is 30.2 Å². The van der Waals surface area contributed by atoms with E-state index in [1.807, 2.05) is 24.3 Å². The van der Waals surface area contributed by atoms with E-state index in [4.69, 9.17) is 9.26 Å². The highest BCUT2D eigenvalue weighted by Gasteiger charge is 2.31. The lowest BCUT2D eigenvalue weighted by atomic mass is 10.0. The molecular formula is C19H24N4O3. The van der Waals surface area contributed by atoms with Crippen molar-refractivity contribution >= 4 is 5.91 Å². The van der Waals surface area contributed by atoms with Crippen LogP contribution in [0.25, 0.3) is 11.4 Å². The number of likely N-dealkylation sites (tertiary alicyclic amines) is 1. The maximum Gasteiger partial charge on any atom is 0.241 e. The highest BCUT2D eigenvalue weighted by atomic mass is 16.5. The number of piperidine rings is 1. The summed E-state index contributed by atoms with van der Waals surface area (Å²) in [4.78, 5) is 18.7. The predicted molar refractivity (Wildman–Crippen MR) is 95.5 cm³/mol. The molecule has 1 N–H and O–H groups in total.